The summed E-state index contributed by atoms with van der Waals surface area (Å²) in [4.78, 5) is 36.6. The summed E-state index contributed by atoms with van der Waals surface area (Å²) in [5.41, 5.74) is 10.4. The van der Waals surface area contributed by atoms with Crippen LogP contribution in [-0.4, -0.2) is 24.4 Å². The maximum absolute atomic E-state index is 9.47. The van der Waals surface area contributed by atoms with Gasteiger partial charge in [0, 0.05) is 0 Å². The molecule has 0 fully saturated rings. The van der Waals surface area contributed by atoms with Crippen LogP contribution >= 0.6 is 0 Å². The molecule has 0 heterocycles. The molecular weight excluding hydrogens is 272 g/mol. The second-order valence-electron chi connectivity index (χ2n) is 3.14. The van der Waals surface area contributed by atoms with Crippen molar-refractivity contribution in [2.24, 2.45) is 11.5 Å². The maximum atomic E-state index is 9.47. The van der Waals surface area contributed by atoms with Crippen molar-refractivity contribution < 1.29 is 19.2 Å². The van der Waals surface area contributed by atoms with Gasteiger partial charge in [-0.25, -0.2) is 0 Å². The number of carbonyl (C=O) groups is 4. The Kier molecular flexibility index (Phi) is 21.3. The highest BCUT2D eigenvalue weighted by atomic mass is 16.2. The lowest BCUT2D eigenvalue weighted by Gasteiger charge is -1.82. The first kappa shape index (κ1) is 23.1. The molecule has 0 aliphatic carbocycles. The van der Waals surface area contributed by atoms with Gasteiger partial charge in [0.25, 0.3) is 0 Å². The van der Waals surface area contributed by atoms with Crippen LogP contribution in [0.15, 0.2) is 55.6 Å². The topological polar surface area (TPSA) is 120 Å². The summed E-state index contributed by atoms with van der Waals surface area (Å²) in [6.07, 6.45) is 2.50. The minimum atomic E-state index is -0.481. The van der Waals surface area contributed by atoms with Gasteiger partial charge in [0.05, 0.1) is 0 Å². The zero-order chi connectivity index (χ0) is 17.1. The van der Waals surface area contributed by atoms with E-state index in [-0.39, 0.29) is 12.6 Å². The normalized spacial score (nSPS) is 6.90. The molecule has 0 radical (unpaired) electrons. The van der Waals surface area contributed by atoms with E-state index in [1.165, 1.54) is 5.56 Å². The highest BCUT2D eigenvalue weighted by molar-refractivity contribution is 6.09. The van der Waals surface area contributed by atoms with Crippen LogP contribution in [0.5, 0.6) is 0 Å². The molecule has 0 bridgehead atoms. The second-order valence-corrected chi connectivity index (χ2v) is 3.14. The number of hydrogen-bond acceptors (Lipinski definition) is 4. The Morgan fingerprint density at radius 2 is 1.19 bits per heavy atom. The Balaban J connectivity index is -0.000000212. The monoisotopic (exact) mass is 292 g/mol. The molecule has 1 rings (SSSR count). The summed E-state index contributed by atoms with van der Waals surface area (Å²) >= 11 is 0. The predicted octanol–water partition coefficient (Wildman–Crippen LogP) is 0.695. The van der Waals surface area contributed by atoms with Gasteiger partial charge in [-0.1, -0.05) is 49.1 Å². The van der Waals surface area contributed by atoms with Gasteiger partial charge in [-0.2, -0.15) is 0 Å². The fourth-order valence-corrected chi connectivity index (χ4v) is 0.534. The first-order valence-corrected chi connectivity index (χ1v) is 5.59. The van der Waals surface area contributed by atoms with Crippen LogP contribution in [0, 0.1) is 6.92 Å². The van der Waals surface area contributed by atoms with Gasteiger partial charge < -0.3 is 11.5 Å². The molecule has 0 saturated heterocycles. The SMILES string of the molecule is C=CC(N)=O.C=CC(N)=O.Cc1ccccc1.O=CC=O. The Labute approximate surface area is 124 Å². The molecule has 1 aromatic rings. The molecule has 0 unspecified atom stereocenters. The molecule has 0 saturated carbocycles. The van der Waals surface area contributed by atoms with Crippen molar-refractivity contribution in [2.45, 2.75) is 6.92 Å². The van der Waals surface area contributed by atoms with Crippen molar-refractivity contribution in [2.75, 3.05) is 0 Å². The van der Waals surface area contributed by atoms with E-state index in [1.54, 1.807) is 0 Å². The lowest BCUT2D eigenvalue weighted by atomic mass is 10.2. The van der Waals surface area contributed by atoms with Crippen LogP contribution in [0.4, 0.5) is 0 Å². The van der Waals surface area contributed by atoms with Crippen LogP contribution in [0.3, 0.4) is 0 Å². The zero-order valence-electron chi connectivity index (χ0n) is 11.9. The molecule has 1 aromatic carbocycles. The Morgan fingerprint density at radius 3 is 1.29 bits per heavy atom. The van der Waals surface area contributed by atoms with Crippen LogP contribution in [0.1, 0.15) is 5.56 Å². The average molecular weight is 292 g/mol. The number of benzene rings is 1. The molecule has 6 heteroatoms. The third kappa shape index (κ3) is 38.3. The van der Waals surface area contributed by atoms with Crippen molar-refractivity contribution in [3.63, 3.8) is 0 Å². The fourth-order valence-electron chi connectivity index (χ4n) is 0.534. The first-order chi connectivity index (χ1) is 9.85. The lowest BCUT2D eigenvalue weighted by Crippen LogP contribution is -2.04. The molecule has 0 aromatic heterocycles. The molecule has 0 atom stereocenters. The van der Waals surface area contributed by atoms with E-state index < -0.39 is 11.8 Å². The molecule has 0 spiro atoms. The van der Waals surface area contributed by atoms with Crippen LogP contribution < -0.4 is 11.5 Å². The summed E-state index contributed by atoms with van der Waals surface area (Å²) in [5, 5.41) is 0. The molecule has 4 N–H and O–H groups in total. The minimum Gasteiger partial charge on any atom is -0.366 e. The molecule has 2 amide bonds. The van der Waals surface area contributed by atoms with Gasteiger partial charge >= 0.3 is 0 Å². The quantitative estimate of drug-likeness (QED) is 0.483. The van der Waals surface area contributed by atoms with Gasteiger partial charge in [0.1, 0.15) is 0 Å². The summed E-state index contributed by atoms with van der Waals surface area (Å²) in [6.45, 7) is 8.25. The third-order valence-electron chi connectivity index (χ3n) is 1.40. The molecular formula is C15H20N2O4. The fraction of sp³-hybridized carbons (Fsp3) is 0.0667. The number of amides is 2. The largest absolute Gasteiger partial charge is 0.366 e. The summed E-state index contributed by atoms with van der Waals surface area (Å²) in [5.74, 6) is -0.963. The Morgan fingerprint density at radius 1 is 0.905 bits per heavy atom. The highest BCUT2D eigenvalue weighted by Gasteiger charge is 1.72. The highest BCUT2D eigenvalue weighted by Crippen LogP contribution is 1.92. The zero-order valence-corrected chi connectivity index (χ0v) is 11.9. The van der Waals surface area contributed by atoms with E-state index in [0.29, 0.717) is 0 Å². The molecule has 0 aliphatic heterocycles. The first-order valence-electron chi connectivity index (χ1n) is 5.59. The van der Waals surface area contributed by atoms with Crippen molar-refractivity contribution in [3.05, 3.63) is 61.2 Å². The van der Waals surface area contributed by atoms with Crippen molar-refractivity contribution in [1.29, 1.82) is 0 Å². The number of nitrogens with two attached hydrogens (primary N) is 2. The second kappa shape index (κ2) is 19.3. The van der Waals surface area contributed by atoms with E-state index in [2.05, 4.69) is 43.7 Å². The van der Waals surface area contributed by atoms with Gasteiger partial charge in [-0.05, 0) is 19.1 Å². The number of hydrogen-bond donors (Lipinski definition) is 2. The smallest absolute Gasteiger partial charge is 0.240 e. The number of aldehydes is 2. The Hall–Kier alpha value is -3.02. The molecule has 0 aliphatic rings. The van der Waals surface area contributed by atoms with Crippen molar-refractivity contribution >= 4 is 24.4 Å². The van der Waals surface area contributed by atoms with Crippen LogP contribution in [0.2, 0.25) is 0 Å². The minimum absolute atomic E-state index is 0.194. The van der Waals surface area contributed by atoms with Crippen molar-refractivity contribution in [3.8, 4) is 0 Å². The molecule has 21 heavy (non-hydrogen) atoms. The van der Waals surface area contributed by atoms with E-state index in [9.17, 15) is 9.59 Å². The average Bonchev–Trinajstić information content (AvgIpc) is 2.49. The third-order valence-corrected chi connectivity index (χ3v) is 1.40. The predicted molar refractivity (Wildman–Crippen MR) is 82.1 cm³/mol. The number of primary amides is 2. The van der Waals surface area contributed by atoms with E-state index in [1.807, 2.05) is 18.2 Å². The van der Waals surface area contributed by atoms with Crippen LogP contribution in [-0.2, 0) is 19.2 Å². The number of carbonyl (C=O) groups excluding carboxylic acids is 4. The summed E-state index contributed by atoms with van der Waals surface area (Å²) in [7, 11) is 0. The number of rotatable bonds is 3. The van der Waals surface area contributed by atoms with Crippen molar-refractivity contribution in [1.82, 2.24) is 0 Å². The van der Waals surface area contributed by atoms with Gasteiger partial charge in [-0.3, -0.25) is 19.2 Å². The van der Waals surface area contributed by atoms with E-state index in [0.717, 1.165) is 12.2 Å². The van der Waals surface area contributed by atoms with Crippen LogP contribution in [0.25, 0.3) is 0 Å². The standard InChI is InChI=1S/C7H8.2C3H5NO.C2H2O2/c1-7-5-3-2-4-6-7;2*1-2-3(4)5;3-1-2-4/h2-6H,1H3;2*2H,1H2,(H2,4,5);1-2H. The molecule has 114 valence electrons. The number of aryl methyl sites for hydroxylation is 1. The van der Waals surface area contributed by atoms with Gasteiger partial charge in [-0.15, -0.1) is 0 Å². The summed E-state index contributed by atoms with van der Waals surface area (Å²) in [6, 6.07) is 10.3. The van der Waals surface area contributed by atoms with Gasteiger partial charge in [0.2, 0.25) is 11.8 Å². The Bertz CT molecular complexity index is 418. The molecule has 6 nitrogen and oxygen atoms in total. The van der Waals surface area contributed by atoms with E-state index in [4.69, 9.17) is 9.59 Å². The lowest BCUT2D eigenvalue weighted by molar-refractivity contribution is -0.122. The van der Waals surface area contributed by atoms with Gasteiger partial charge in [0.15, 0.2) is 12.6 Å². The maximum Gasteiger partial charge on any atom is 0.240 e. The van der Waals surface area contributed by atoms with E-state index >= 15 is 0 Å². The summed E-state index contributed by atoms with van der Waals surface area (Å²) < 4.78 is 0.